The van der Waals surface area contributed by atoms with Crippen LogP contribution in [0.25, 0.3) is 11.1 Å². The van der Waals surface area contributed by atoms with E-state index in [0.717, 1.165) is 12.1 Å². The van der Waals surface area contributed by atoms with Crippen LogP contribution in [0.4, 0.5) is 17.1 Å². The fraction of sp³-hybridized carbons (Fsp3) is 0.0556. The molecule has 0 saturated carbocycles. The summed E-state index contributed by atoms with van der Waals surface area (Å²) in [6.07, 6.45) is 1.21. The highest BCUT2D eigenvalue weighted by Gasteiger charge is 2.23. The first-order chi connectivity index (χ1) is 13.7. The average molecular weight is 418 g/mol. The van der Waals surface area contributed by atoms with Gasteiger partial charge in [-0.25, -0.2) is 0 Å². The Morgan fingerprint density at radius 3 is 2.45 bits per heavy atom. The van der Waals surface area contributed by atoms with E-state index >= 15 is 0 Å². The van der Waals surface area contributed by atoms with Crippen molar-refractivity contribution in [3.05, 3.63) is 79.2 Å². The van der Waals surface area contributed by atoms with Gasteiger partial charge in [-0.2, -0.15) is 0 Å². The number of benzene rings is 2. The lowest BCUT2D eigenvalue weighted by Gasteiger charge is -2.09. The number of carbonyl (C=O) groups excluding carboxylic acids is 1. The Kier molecular flexibility index (Phi) is 5.20. The number of aromatic hydroxyl groups is 1. The summed E-state index contributed by atoms with van der Waals surface area (Å²) in [7, 11) is 0. The molecule has 0 aliphatic carbocycles. The summed E-state index contributed by atoms with van der Waals surface area (Å²) in [4.78, 5) is 33.1. The summed E-state index contributed by atoms with van der Waals surface area (Å²) in [5.74, 6) is -1.32. The first kappa shape index (κ1) is 19.8. The van der Waals surface area contributed by atoms with E-state index < -0.39 is 27.2 Å². The van der Waals surface area contributed by atoms with Crippen LogP contribution in [0.15, 0.2) is 47.1 Å². The third-order valence-corrected chi connectivity index (χ3v) is 4.40. The third-order valence-electron chi connectivity index (χ3n) is 4.09. The minimum Gasteiger partial charge on any atom is -0.507 e. The minimum atomic E-state index is -0.744. The second kappa shape index (κ2) is 7.60. The maximum atomic E-state index is 12.7. The number of hydrogen-bond donors (Lipinski definition) is 2. The van der Waals surface area contributed by atoms with Gasteiger partial charge in [0.05, 0.1) is 22.2 Å². The molecule has 0 saturated heterocycles. The normalized spacial score (nSPS) is 10.6. The summed E-state index contributed by atoms with van der Waals surface area (Å²) >= 11 is 5.90. The number of hydrogen-bond acceptors (Lipinski definition) is 7. The molecule has 1 amide bonds. The highest BCUT2D eigenvalue weighted by Crippen LogP contribution is 2.39. The zero-order valence-electron chi connectivity index (χ0n) is 14.7. The maximum Gasteiger partial charge on any atom is 0.292 e. The van der Waals surface area contributed by atoms with Crippen molar-refractivity contribution in [1.82, 2.24) is 0 Å². The first-order valence-electron chi connectivity index (χ1n) is 8.00. The molecule has 29 heavy (non-hydrogen) atoms. The van der Waals surface area contributed by atoms with Gasteiger partial charge in [0, 0.05) is 28.9 Å². The predicted molar refractivity (Wildman–Crippen MR) is 103 cm³/mol. The van der Waals surface area contributed by atoms with Crippen LogP contribution in [0.3, 0.4) is 0 Å². The fourth-order valence-electron chi connectivity index (χ4n) is 2.68. The number of nitrogens with zero attached hydrogens (tertiary/aromatic N) is 2. The standard InChI is InChI=1S/C18H12ClN3O7/c1-9-6-10(21(25)26)2-3-14(9)20-18(24)17-11(4-5-29-17)12-7-13(19)15(22(27)28)8-16(12)23/h2-8,23H,1H3,(H,20,24). The topological polar surface area (TPSA) is 149 Å². The summed E-state index contributed by atoms with van der Waals surface area (Å²) in [6.45, 7) is 1.59. The molecule has 0 unspecified atom stereocenters. The molecule has 2 N–H and O–H groups in total. The van der Waals surface area contributed by atoms with Gasteiger partial charge in [0.15, 0.2) is 5.76 Å². The third kappa shape index (κ3) is 3.87. The van der Waals surface area contributed by atoms with Crippen LogP contribution in [0, 0.1) is 27.2 Å². The number of non-ortho nitro benzene ring substituents is 1. The number of aryl methyl sites for hydroxylation is 1. The second-order valence-corrected chi connectivity index (χ2v) is 6.36. The molecule has 0 spiro atoms. The molecule has 0 fully saturated rings. The summed E-state index contributed by atoms with van der Waals surface area (Å²) in [5, 5.41) is 34.3. The van der Waals surface area contributed by atoms with Crippen molar-refractivity contribution in [2.75, 3.05) is 5.32 Å². The van der Waals surface area contributed by atoms with Crippen LogP contribution in [0.1, 0.15) is 16.1 Å². The highest BCUT2D eigenvalue weighted by molar-refractivity contribution is 6.33. The van der Waals surface area contributed by atoms with Gasteiger partial charge >= 0.3 is 0 Å². The van der Waals surface area contributed by atoms with E-state index in [4.69, 9.17) is 16.0 Å². The molecular formula is C18H12ClN3O7. The number of anilines is 1. The number of phenolic OH excluding ortho intramolecular Hbond substituents is 1. The van der Waals surface area contributed by atoms with E-state index in [1.54, 1.807) is 6.92 Å². The zero-order valence-corrected chi connectivity index (χ0v) is 15.5. The molecular weight excluding hydrogens is 406 g/mol. The van der Waals surface area contributed by atoms with Gasteiger partial charge < -0.3 is 14.8 Å². The van der Waals surface area contributed by atoms with Crippen LogP contribution in [-0.2, 0) is 0 Å². The number of halogens is 1. The van der Waals surface area contributed by atoms with Crippen LogP contribution in [0.5, 0.6) is 5.75 Å². The Morgan fingerprint density at radius 2 is 1.83 bits per heavy atom. The van der Waals surface area contributed by atoms with Gasteiger partial charge in [-0.05, 0) is 30.7 Å². The molecule has 148 valence electrons. The number of nitro benzene ring substituents is 2. The molecule has 0 aliphatic heterocycles. The number of nitrogens with one attached hydrogen (secondary N) is 1. The van der Waals surface area contributed by atoms with Crippen LogP contribution < -0.4 is 5.32 Å². The molecule has 1 heterocycles. The smallest absolute Gasteiger partial charge is 0.292 e. The van der Waals surface area contributed by atoms with Crippen molar-refractivity contribution in [1.29, 1.82) is 0 Å². The lowest BCUT2D eigenvalue weighted by atomic mass is 10.0. The summed E-state index contributed by atoms with van der Waals surface area (Å²) < 4.78 is 5.22. The van der Waals surface area contributed by atoms with Gasteiger partial charge in [0.1, 0.15) is 10.8 Å². The number of furan rings is 1. The number of rotatable bonds is 5. The molecule has 3 rings (SSSR count). The second-order valence-electron chi connectivity index (χ2n) is 5.95. The van der Waals surface area contributed by atoms with Gasteiger partial charge in [-0.1, -0.05) is 11.6 Å². The fourth-order valence-corrected chi connectivity index (χ4v) is 2.92. The SMILES string of the molecule is Cc1cc([N+](=O)[O-])ccc1NC(=O)c1occc1-c1cc(Cl)c([N+](=O)[O-])cc1O. The summed E-state index contributed by atoms with van der Waals surface area (Å²) in [5.41, 5.74) is 0.417. The van der Waals surface area contributed by atoms with E-state index in [0.29, 0.717) is 11.3 Å². The van der Waals surface area contributed by atoms with E-state index in [9.17, 15) is 30.1 Å². The zero-order chi connectivity index (χ0) is 21.3. The van der Waals surface area contributed by atoms with Gasteiger partial charge in [0.25, 0.3) is 17.3 Å². The van der Waals surface area contributed by atoms with Crippen LogP contribution in [-0.4, -0.2) is 20.9 Å². The van der Waals surface area contributed by atoms with Crippen molar-refractivity contribution < 1.29 is 24.2 Å². The van der Waals surface area contributed by atoms with E-state index in [1.165, 1.54) is 30.5 Å². The van der Waals surface area contributed by atoms with E-state index in [-0.39, 0.29) is 27.6 Å². The molecule has 11 heteroatoms. The first-order valence-corrected chi connectivity index (χ1v) is 8.38. The molecule has 0 radical (unpaired) electrons. The number of nitro groups is 2. The number of carbonyl (C=O) groups is 1. The van der Waals surface area contributed by atoms with Crippen molar-refractivity contribution in [3.63, 3.8) is 0 Å². The molecule has 10 nitrogen and oxygen atoms in total. The van der Waals surface area contributed by atoms with Crippen molar-refractivity contribution in [2.24, 2.45) is 0 Å². The van der Waals surface area contributed by atoms with Gasteiger partial charge in [-0.3, -0.25) is 25.0 Å². The lowest BCUT2D eigenvalue weighted by Crippen LogP contribution is -2.13. The van der Waals surface area contributed by atoms with Gasteiger partial charge in [-0.15, -0.1) is 0 Å². The summed E-state index contributed by atoms with van der Waals surface area (Å²) in [6, 6.07) is 7.37. The van der Waals surface area contributed by atoms with Crippen molar-refractivity contribution in [3.8, 4) is 16.9 Å². The van der Waals surface area contributed by atoms with Gasteiger partial charge in [0.2, 0.25) is 0 Å². The monoisotopic (exact) mass is 417 g/mol. The number of amides is 1. The molecule has 0 aliphatic rings. The Morgan fingerprint density at radius 1 is 1.10 bits per heavy atom. The van der Waals surface area contributed by atoms with E-state index in [1.807, 2.05) is 0 Å². The average Bonchev–Trinajstić information content (AvgIpc) is 3.14. The van der Waals surface area contributed by atoms with Crippen molar-refractivity contribution >= 4 is 34.6 Å². The van der Waals surface area contributed by atoms with Crippen LogP contribution >= 0.6 is 11.6 Å². The highest BCUT2D eigenvalue weighted by atomic mass is 35.5. The Labute approximate surface area is 167 Å². The number of phenols is 1. The Bertz CT molecular complexity index is 1160. The van der Waals surface area contributed by atoms with Crippen molar-refractivity contribution in [2.45, 2.75) is 6.92 Å². The quantitative estimate of drug-likeness (QED) is 0.451. The minimum absolute atomic E-state index is 0.0694. The Balaban J connectivity index is 1.95. The molecule has 0 bridgehead atoms. The molecule has 2 aromatic carbocycles. The Hall–Kier alpha value is -3.92. The van der Waals surface area contributed by atoms with Crippen LogP contribution in [0.2, 0.25) is 5.02 Å². The maximum absolute atomic E-state index is 12.7. The lowest BCUT2D eigenvalue weighted by molar-refractivity contribution is -0.385. The predicted octanol–water partition coefficient (Wildman–Crippen LogP) is 4.68. The molecule has 0 atom stereocenters. The molecule has 1 aromatic heterocycles. The van der Waals surface area contributed by atoms with E-state index in [2.05, 4.69) is 5.32 Å². The molecule has 3 aromatic rings. The largest absolute Gasteiger partial charge is 0.507 e.